The number of para-hydroxylation sites is 1. The normalized spacial score (nSPS) is 12.2. The Kier molecular flexibility index (Phi) is 4.27. The van der Waals surface area contributed by atoms with Gasteiger partial charge in [0.05, 0.1) is 11.6 Å². The highest BCUT2D eigenvalue weighted by atomic mass is 79.9. The van der Waals surface area contributed by atoms with E-state index in [1.165, 1.54) is 4.57 Å². The number of nitrogens with zero attached hydrogens (tertiary/aromatic N) is 2. The van der Waals surface area contributed by atoms with Crippen LogP contribution in [0.5, 0.6) is 0 Å². The fourth-order valence-corrected chi connectivity index (χ4v) is 2.91. The molecule has 2 rings (SSSR count). The average Bonchev–Trinajstić information content (AvgIpc) is 2.40. The van der Waals surface area contributed by atoms with Crippen molar-refractivity contribution in [3.05, 3.63) is 56.2 Å². The molecule has 1 heterocycles. The number of carboxylic acids is 1. The number of aromatic nitrogens is 2. The number of hydrogen-bond donors (Lipinski definition) is 1. The van der Waals surface area contributed by atoms with Crippen LogP contribution >= 0.6 is 15.9 Å². The van der Waals surface area contributed by atoms with Crippen LogP contribution in [0.2, 0.25) is 0 Å². The Bertz CT molecular complexity index is 768. The number of benzene rings is 1. The first-order chi connectivity index (χ1) is 9.84. The summed E-state index contributed by atoms with van der Waals surface area (Å²) in [7, 11) is 0. The van der Waals surface area contributed by atoms with Crippen molar-refractivity contribution in [3.8, 4) is 5.69 Å². The molecule has 1 N–H and O–H groups in total. The maximum absolute atomic E-state index is 12.2. The Labute approximate surface area is 130 Å². The lowest BCUT2D eigenvalue weighted by molar-refractivity contribution is -0.138. The minimum Gasteiger partial charge on any atom is -0.481 e. The minimum atomic E-state index is -0.944. The summed E-state index contributed by atoms with van der Waals surface area (Å²) < 4.78 is 2.18. The average molecular weight is 351 g/mol. The van der Waals surface area contributed by atoms with Gasteiger partial charge in [0.2, 0.25) is 0 Å². The fraction of sp³-hybridized carbons (Fsp3) is 0.267. The third kappa shape index (κ3) is 2.76. The van der Waals surface area contributed by atoms with Crippen molar-refractivity contribution in [3.63, 3.8) is 0 Å². The van der Waals surface area contributed by atoms with Gasteiger partial charge in [-0.3, -0.25) is 9.36 Å². The number of aryl methyl sites for hydroxylation is 1. The lowest BCUT2D eigenvalue weighted by Crippen LogP contribution is -2.28. The third-order valence-corrected chi connectivity index (χ3v) is 4.14. The first-order valence-corrected chi connectivity index (χ1v) is 7.21. The quantitative estimate of drug-likeness (QED) is 0.923. The highest BCUT2D eigenvalue weighted by Gasteiger charge is 2.23. The molecular formula is C15H15BrN2O3. The van der Waals surface area contributed by atoms with E-state index in [1.54, 1.807) is 26.8 Å². The molecule has 1 aromatic heterocycles. The van der Waals surface area contributed by atoms with E-state index in [0.29, 0.717) is 22.6 Å². The van der Waals surface area contributed by atoms with E-state index >= 15 is 0 Å². The summed E-state index contributed by atoms with van der Waals surface area (Å²) in [6, 6.07) is 7.26. The van der Waals surface area contributed by atoms with Crippen molar-refractivity contribution in [1.29, 1.82) is 0 Å². The van der Waals surface area contributed by atoms with Crippen LogP contribution in [-0.2, 0) is 4.79 Å². The zero-order valence-electron chi connectivity index (χ0n) is 11.9. The molecule has 1 unspecified atom stereocenters. The molecule has 0 amide bonds. The number of carbonyl (C=O) groups is 1. The Balaban J connectivity index is 2.80. The van der Waals surface area contributed by atoms with Crippen LogP contribution in [0.15, 0.2) is 33.5 Å². The van der Waals surface area contributed by atoms with Gasteiger partial charge in [-0.1, -0.05) is 12.1 Å². The predicted molar refractivity (Wildman–Crippen MR) is 83.1 cm³/mol. The van der Waals surface area contributed by atoms with Gasteiger partial charge >= 0.3 is 11.7 Å². The summed E-state index contributed by atoms with van der Waals surface area (Å²) in [6.07, 6.45) is 0. The Morgan fingerprint density at radius 3 is 2.52 bits per heavy atom. The van der Waals surface area contributed by atoms with Crippen LogP contribution < -0.4 is 5.69 Å². The van der Waals surface area contributed by atoms with Crippen molar-refractivity contribution in [2.24, 2.45) is 0 Å². The molecule has 0 spiro atoms. The SMILES string of the molecule is Cc1nc(=O)n(-c2ccccc2Br)c(C)c1C(C)C(=O)O. The molecular weight excluding hydrogens is 336 g/mol. The summed E-state index contributed by atoms with van der Waals surface area (Å²) in [5.41, 5.74) is 1.84. The third-order valence-electron chi connectivity index (χ3n) is 3.47. The molecule has 0 aliphatic rings. The van der Waals surface area contributed by atoms with Gasteiger partial charge in [-0.25, -0.2) is 4.79 Å². The van der Waals surface area contributed by atoms with E-state index in [0.717, 1.165) is 4.47 Å². The molecule has 0 saturated heterocycles. The van der Waals surface area contributed by atoms with E-state index in [2.05, 4.69) is 20.9 Å². The van der Waals surface area contributed by atoms with Crippen LogP contribution in [0.1, 0.15) is 29.8 Å². The zero-order valence-corrected chi connectivity index (χ0v) is 13.5. The summed E-state index contributed by atoms with van der Waals surface area (Å²) in [5.74, 6) is -1.67. The van der Waals surface area contributed by atoms with E-state index < -0.39 is 17.6 Å². The van der Waals surface area contributed by atoms with E-state index in [-0.39, 0.29) is 0 Å². The molecule has 0 bridgehead atoms. The summed E-state index contributed by atoms with van der Waals surface area (Å²) in [6.45, 7) is 4.99. The fourth-order valence-electron chi connectivity index (χ4n) is 2.45. The summed E-state index contributed by atoms with van der Waals surface area (Å²) in [4.78, 5) is 27.5. The largest absolute Gasteiger partial charge is 0.481 e. The monoisotopic (exact) mass is 350 g/mol. The lowest BCUT2D eigenvalue weighted by Gasteiger charge is -2.18. The topological polar surface area (TPSA) is 72.2 Å². The molecule has 0 fully saturated rings. The minimum absolute atomic E-state index is 0.418. The second kappa shape index (κ2) is 5.81. The number of hydrogen-bond acceptors (Lipinski definition) is 3. The molecule has 0 radical (unpaired) electrons. The van der Waals surface area contributed by atoms with Gasteiger partial charge in [-0.05, 0) is 48.8 Å². The van der Waals surface area contributed by atoms with E-state index in [4.69, 9.17) is 0 Å². The number of rotatable bonds is 3. The Morgan fingerprint density at radius 2 is 1.95 bits per heavy atom. The maximum atomic E-state index is 12.2. The molecule has 0 saturated carbocycles. The maximum Gasteiger partial charge on any atom is 0.352 e. The van der Waals surface area contributed by atoms with Crippen molar-refractivity contribution in [2.45, 2.75) is 26.7 Å². The van der Waals surface area contributed by atoms with Crippen LogP contribution in [-0.4, -0.2) is 20.6 Å². The number of aliphatic carboxylic acids is 1. The van der Waals surface area contributed by atoms with Crippen molar-refractivity contribution >= 4 is 21.9 Å². The van der Waals surface area contributed by atoms with Crippen molar-refractivity contribution in [1.82, 2.24) is 9.55 Å². The number of halogens is 1. The van der Waals surface area contributed by atoms with Crippen LogP contribution in [0.4, 0.5) is 0 Å². The molecule has 1 atom stereocenters. The molecule has 6 heteroatoms. The first-order valence-electron chi connectivity index (χ1n) is 6.42. The standard InChI is InChI=1S/C15H15BrN2O3/c1-8(14(19)20)13-9(2)17-15(21)18(10(13)3)12-7-5-4-6-11(12)16/h4-8H,1-3H3,(H,19,20). The van der Waals surface area contributed by atoms with Gasteiger partial charge in [-0.2, -0.15) is 4.98 Å². The van der Waals surface area contributed by atoms with Crippen LogP contribution in [0.3, 0.4) is 0 Å². The van der Waals surface area contributed by atoms with Gasteiger partial charge < -0.3 is 5.11 Å². The second-order valence-corrected chi connectivity index (χ2v) is 5.68. The van der Waals surface area contributed by atoms with Crippen molar-refractivity contribution < 1.29 is 9.90 Å². The first kappa shape index (κ1) is 15.4. The Hall–Kier alpha value is -1.95. The van der Waals surface area contributed by atoms with Gasteiger partial charge in [0, 0.05) is 21.4 Å². The van der Waals surface area contributed by atoms with E-state index in [1.807, 2.05) is 18.2 Å². The lowest BCUT2D eigenvalue weighted by atomic mass is 9.98. The smallest absolute Gasteiger partial charge is 0.352 e. The van der Waals surface area contributed by atoms with Crippen LogP contribution in [0.25, 0.3) is 5.69 Å². The number of carboxylic acid groups (broad SMARTS) is 1. The van der Waals surface area contributed by atoms with Crippen LogP contribution in [0, 0.1) is 13.8 Å². The highest BCUT2D eigenvalue weighted by Crippen LogP contribution is 2.26. The molecule has 0 aliphatic heterocycles. The highest BCUT2D eigenvalue weighted by molar-refractivity contribution is 9.10. The van der Waals surface area contributed by atoms with E-state index in [9.17, 15) is 14.7 Å². The van der Waals surface area contributed by atoms with Gasteiger partial charge in [0.15, 0.2) is 0 Å². The molecule has 2 aromatic rings. The van der Waals surface area contributed by atoms with Gasteiger partial charge in [0.1, 0.15) is 0 Å². The predicted octanol–water partition coefficient (Wildman–Crippen LogP) is 2.80. The molecule has 0 aliphatic carbocycles. The molecule has 5 nitrogen and oxygen atoms in total. The summed E-state index contributed by atoms with van der Waals surface area (Å²) >= 11 is 3.41. The molecule has 21 heavy (non-hydrogen) atoms. The summed E-state index contributed by atoms with van der Waals surface area (Å²) in [5, 5.41) is 9.25. The van der Waals surface area contributed by atoms with Crippen molar-refractivity contribution in [2.75, 3.05) is 0 Å². The second-order valence-electron chi connectivity index (χ2n) is 4.83. The van der Waals surface area contributed by atoms with Gasteiger partial charge in [-0.15, -0.1) is 0 Å². The van der Waals surface area contributed by atoms with Gasteiger partial charge in [0.25, 0.3) is 0 Å². The Morgan fingerprint density at radius 1 is 1.33 bits per heavy atom. The molecule has 110 valence electrons. The zero-order chi connectivity index (χ0) is 15.7. The molecule has 1 aromatic carbocycles.